The van der Waals surface area contributed by atoms with Crippen LogP contribution in [0.5, 0.6) is 0 Å². The molecule has 0 aromatic rings. The summed E-state index contributed by atoms with van der Waals surface area (Å²) in [7, 11) is 1.58. The maximum atomic E-state index is 11.2. The minimum absolute atomic E-state index is 0.259. The van der Waals surface area contributed by atoms with Gasteiger partial charge in [0.15, 0.2) is 12.1 Å². The van der Waals surface area contributed by atoms with Gasteiger partial charge < -0.3 is 23.7 Å². The molecular weight excluding hydrogens is 252 g/mol. The van der Waals surface area contributed by atoms with E-state index in [4.69, 9.17) is 23.7 Å². The summed E-state index contributed by atoms with van der Waals surface area (Å²) in [6.45, 7) is 5.14. The summed E-state index contributed by atoms with van der Waals surface area (Å²) in [6.07, 6.45) is 0.262. The SMILES string of the molecule is COC1O[C@@]2(CC[C@H]2OC(C)=O)C2OC(C)(C)O[C@H]12. The Hall–Kier alpha value is -0.690. The Balaban J connectivity index is 1.84. The lowest BCUT2D eigenvalue weighted by molar-refractivity contribution is -0.291. The highest BCUT2D eigenvalue weighted by Gasteiger charge is 2.70. The van der Waals surface area contributed by atoms with Crippen LogP contribution in [-0.4, -0.2) is 49.1 Å². The van der Waals surface area contributed by atoms with Crippen molar-refractivity contribution in [1.29, 1.82) is 0 Å². The number of fused-ring (bicyclic) bond motifs is 2. The molecule has 19 heavy (non-hydrogen) atoms. The van der Waals surface area contributed by atoms with Crippen molar-refractivity contribution >= 4 is 5.97 Å². The van der Waals surface area contributed by atoms with E-state index < -0.39 is 17.7 Å². The molecule has 0 N–H and O–H groups in total. The van der Waals surface area contributed by atoms with Crippen molar-refractivity contribution in [2.24, 2.45) is 0 Å². The second kappa shape index (κ2) is 4.15. The van der Waals surface area contributed by atoms with Crippen molar-refractivity contribution in [3.05, 3.63) is 0 Å². The Morgan fingerprint density at radius 1 is 1.26 bits per heavy atom. The molecular formula is C13H20O6. The summed E-state index contributed by atoms with van der Waals surface area (Å²) < 4.78 is 28.4. The molecule has 1 saturated carbocycles. The first-order chi connectivity index (χ1) is 8.88. The van der Waals surface area contributed by atoms with Gasteiger partial charge in [-0.2, -0.15) is 0 Å². The van der Waals surface area contributed by atoms with Gasteiger partial charge in [0.1, 0.15) is 23.9 Å². The van der Waals surface area contributed by atoms with E-state index in [1.807, 2.05) is 13.8 Å². The average molecular weight is 272 g/mol. The zero-order valence-corrected chi connectivity index (χ0v) is 11.7. The van der Waals surface area contributed by atoms with Gasteiger partial charge >= 0.3 is 5.97 Å². The van der Waals surface area contributed by atoms with Crippen LogP contribution in [0.15, 0.2) is 0 Å². The quantitative estimate of drug-likeness (QED) is 0.698. The number of esters is 1. The van der Waals surface area contributed by atoms with Crippen LogP contribution in [-0.2, 0) is 28.5 Å². The first-order valence-corrected chi connectivity index (χ1v) is 6.61. The zero-order valence-electron chi connectivity index (χ0n) is 11.7. The minimum atomic E-state index is -0.667. The largest absolute Gasteiger partial charge is 0.459 e. The van der Waals surface area contributed by atoms with Gasteiger partial charge in [0.2, 0.25) is 0 Å². The third-order valence-electron chi connectivity index (χ3n) is 4.10. The Labute approximate surface area is 112 Å². The zero-order chi connectivity index (χ0) is 13.8. The first-order valence-electron chi connectivity index (χ1n) is 6.61. The lowest BCUT2D eigenvalue weighted by Gasteiger charge is -2.47. The van der Waals surface area contributed by atoms with Crippen LogP contribution in [0.25, 0.3) is 0 Å². The molecule has 1 spiro atoms. The number of hydrogen-bond donors (Lipinski definition) is 0. The molecule has 6 heteroatoms. The Morgan fingerprint density at radius 3 is 2.53 bits per heavy atom. The molecule has 0 aromatic carbocycles. The highest BCUT2D eigenvalue weighted by molar-refractivity contribution is 5.66. The maximum Gasteiger partial charge on any atom is 0.303 e. The molecule has 0 aromatic heterocycles. The maximum absolute atomic E-state index is 11.2. The average Bonchev–Trinajstić information content (AvgIpc) is 2.76. The predicted octanol–water partition coefficient (Wildman–Crippen LogP) is 0.973. The first kappa shape index (κ1) is 13.3. The van der Waals surface area contributed by atoms with Gasteiger partial charge in [0.05, 0.1) is 0 Å². The molecule has 3 rings (SSSR count). The highest BCUT2D eigenvalue weighted by atomic mass is 16.8. The van der Waals surface area contributed by atoms with Gasteiger partial charge in [0.25, 0.3) is 0 Å². The minimum Gasteiger partial charge on any atom is -0.459 e. The second-order valence-electron chi connectivity index (χ2n) is 5.83. The summed E-state index contributed by atoms with van der Waals surface area (Å²) in [5, 5.41) is 0. The fourth-order valence-electron chi connectivity index (χ4n) is 3.26. The topological polar surface area (TPSA) is 63.2 Å². The molecule has 2 unspecified atom stereocenters. The summed E-state index contributed by atoms with van der Waals surface area (Å²) >= 11 is 0. The Bertz CT molecular complexity index is 395. The van der Waals surface area contributed by atoms with Crippen molar-refractivity contribution in [2.75, 3.05) is 7.11 Å². The molecule has 6 nitrogen and oxygen atoms in total. The van der Waals surface area contributed by atoms with Gasteiger partial charge in [-0.3, -0.25) is 4.79 Å². The van der Waals surface area contributed by atoms with Crippen molar-refractivity contribution in [3.63, 3.8) is 0 Å². The van der Waals surface area contributed by atoms with Gasteiger partial charge in [-0.15, -0.1) is 0 Å². The summed E-state index contributed by atoms with van der Waals surface area (Å²) in [5.74, 6) is -0.970. The van der Waals surface area contributed by atoms with E-state index in [1.54, 1.807) is 7.11 Å². The van der Waals surface area contributed by atoms with Crippen molar-refractivity contribution in [3.8, 4) is 0 Å². The number of hydrogen-bond acceptors (Lipinski definition) is 6. The third kappa shape index (κ3) is 1.89. The lowest BCUT2D eigenvalue weighted by atomic mass is 9.72. The van der Waals surface area contributed by atoms with Crippen molar-refractivity contribution < 1.29 is 28.5 Å². The van der Waals surface area contributed by atoms with E-state index >= 15 is 0 Å². The molecule has 0 radical (unpaired) electrons. The highest BCUT2D eigenvalue weighted by Crippen LogP contribution is 2.54. The summed E-state index contributed by atoms with van der Waals surface area (Å²) in [6, 6.07) is 0. The Morgan fingerprint density at radius 2 is 2.00 bits per heavy atom. The number of ether oxygens (including phenoxy) is 5. The number of carbonyl (C=O) groups is 1. The molecule has 0 amide bonds. The molecule has 3 aliphatic rings. The van der Waals surface area contributed by atoms with E-state index in [0.717, 1.165) is 12.8 Å². The fourth-order valence-corrected chi connectivity index (χ4v) is 3.26. The van der Waals surface area contributed by atoms with Crippen molar-refractivity contribution in [2.45, 2.75) is 69.6 Å². The van der Waals surface area contributed by atoms with Gasteiger partial charge in [0, 0.05) is 14.0 Å². The predicted molar refractivity (Wildman–Crippen MR) is 63.2 cm³/mol. The molecule has 5 atom stereocenters. The number of methoxy groups -OCH3 is 1. The molecule has 108 valence electrons. The molecule has 3 fully saturated rings. The van der Waals surface area contributed by atoms with Crippen LogP contribution in [0.2, 0.25) is 0 Å². The van der Waals surface area contributed by atoms with Gasteiger partial charge in [-0.25, -0.2) is 0 Å². The fraction of sp³-hybridized carbons (Fsp3) is 0.923. The molecule has 2 aliphatic heterocycles. The molecule has 2 heterocycles. The Kier molecular flexibility index (Phi) is 2.91. The van der Waals surface area contributed by atoms with E-state index in [1.165, 1.54) is 6.92 Å². The standard InChI is InChI=1S/C13H20O6/c1-7(14)16-8-5-6-13(8)10-9(11(15-4)19-13)17-12(2,3)18-10/h8-11H,5-6H2,1-4H3/t8-,9+,10?,11?,13-/m1/s1. The normalized spacial score (nSPS) is 46.9. The van der Waals surface area contributed by atoms with E-state index in [0.29, 0.717) is 0 Å². The summed E-state index contributed by atoms with van der Waals surface area (Å²) in [5.41, 5.74) is -0.620. The third-order valence-corrected chi connectivity index (χ3v) is 4.10. The molecule has 2 saturated heterocycles. The van der Waals surface area contributed by atoms with Gasteiger partial charge in [-0.05, 0) is 26.7 Å². The van der Waals surface area contributed by atoms with Crippen LogP contribution < -0.4 is 0 Å². The van der Waals surface area contributed by atoms with Crippen molar-refractivity contribution in [1.82, 2.24) is 0 Å². The molecule has 0 bridgehead atoms. The van der Waals surface area contributed by atoms with Crippen LogP contribution >= 0.6 is 0 Å². The van der Waals surface area contributed by atoms with Crippen LogP contribution in [0.4, 0.5) is 0 Å². The second-order valence-corrected chi connectivity index (χ2v) is 5.83. The van der Waals surface area contributed by atoms with Crippen LogP contribution in [0.1, 0.15) is 33.6 Å². The van der Waals surface area contributed by atoms with E-state index in [-0.39, 0.29) is 24.3 Å². The van der Waals surface area contributed by atoms with E-state index in [9.17, 15) is 4.79 Å². The smallest absolute Gasteiger partial charge is 0.303 e. The monoisotopic (exact) mass is 272 g/mol. The van der Waals surface area contributed by atoms with Crippen LogP contribution in [0, 0.1) is 0 Å². The molecule has 1 aliphatic carbocycles. The summed E-state index contributed by atoms with van der Waals surface area (Å²) in [4.78, 5) is 11.2. The van der Waals surface area contributed by atoms with Crippen LogP contribution in [0.3, 0.4) is 0 Å². The van der Waals surface area contributed by atoms with Gasteiger partial charge in [-0.1, -0.05) is 0 Å². The van der Waals surface area contributed by atoms with E-state index in [2.05, 4.69) is 0 Å². The lowest BCUT2D eigenvalue weighted by Crippen LogP contribution is -2.61. The number of carbonyl (C=O) groups excluding carboxylic acids is 1. The number of rotatable bonds is 2.